The first-order valence-corrected chi connectivity index (χ1v) is 20.6. The summed E-state index contributed by atoms with van der Waals surface area (Å²) in [7, 11) is 0. The van der Waals surface area contributed by atoms with Crippen LogP contribution in [0.25, 0.3) is 82.8 Å². The molecular formula is C58H40N2. The number of anilines is 3. The molecule has 10 aromatic carbocycles. The van der Waals surface area contributed by atoms with Crippen LogP contribution in [0, 0.1) is 0 Å². The van der Waals surface area contributed by atoms with Crippen LogP contribution in [0.2, 0.25) is 0 Å². The van der Waals surface area contributed by atoms with Crippen LogP contribution in [-0.4, -0.2) is 4.57 Å². The van der Waals surface area contributed by atoms with E-state index in [1.54, 1.807) is 0 Å². The highest BCUT2D eigenvalue weighted by Gasteiger charge is 2.23. The molecule has 0 atom stereocenters. The predicted molar refractivity (Wildman–Crippen MR) is 255 cm³/mol. The zero-order chi connectivity index (χ0) is 39.8. The molecule has 0 bridgehead atoms. The van der Waals surface area contributed by atoms with Gasteiger partial charge in [0.15, 0.2) is 0 Å². The Balaban J connectivity index is 1.22. The van der Waals surface area contributed by atoms with Crippen molar-refractivity contribution in [2.24, 2.45) is 0 Å². The molecule has 60 heavy (non-hydrogen) atoms. The second-order valence-electron chi connectivity index (χ2n) is 15.3. The topological polar surface area (TPSA) is 8.17 Å². The molecule has 1 heterocycles. The smallest absolute Gasteiger partial charge is 0.0561 e. The second-order valence-corrected chi connectivity index (χ2v) is 15.3. The van der Waals surface area contributed by atoms with Crippen LogP contribution in [0.4, 0.5) is 17.1 Å². The van der Waals surface area contributed by atoms with Gasteiger partial charge in [0.1, 0.15) is 0 Å². The van der Waals surface area contributed by atoms with Gasteiger partial charge in [0.2, 0.25) is 0 Å². The van der Waals surface area contributed by atoms with Crippen LogP contribution in [0.1, 0.15) is 0 Å². The van der Waals surface area contributed by atoms with Gasteiger partial charge < -0.3 is 9.47 Å². The third-order valence-corrected chi connectivity index (χ3v) is 11.8. The minimum atomic E-state index is 1.07. The minimum absolute atomic E-state index is 1.07. The number of benzene rings is 10. The maximum atomic E-state index is 2.47. The second kappa shape index (κ2) is 15.1. The number of rotatable bonds is 8. The van der Waals surface area contributed by atoms with Crippen LogP contribution < -0.4 is 4.90 Å². The van der Waals surface area contributed by atoms with E-state index in [9.17, 15) is 0 Å². The lowest BCUT2D eigenvalue weighted by Crippen LogP contribution is -2.12. The van der Waals surface area contributed by atoms with Crippen LogP contribution in [0.5, 0.6) is 0 Å². The van der Waals surface area contributed by atoms with E-state index < -0.39 is 0 Å². The zero-order valence-corrected chi connectivity index (χ0v) is 33.0. The Kier molecular flexibility index (Phi) is 8.87. The Morgan fingerprint density at radius 3 is 1.58 bits per heavy atom. The molecule has 0 fully saturated rings. The zero-order valence-electron chi connectivity index (χ0n) is 33.0. The van der Waals surface area contributed by atoms with Crippen LogP contribution >= 0.6 is 0 Å². The summed E-state index contributed by atoms with van der Waals surface area (Å²) in [5, 5.41) is 4.92. The van der Waals surface area contributed by atoms with Crippen LogP contribution in [0.3, 0.4) is 0 Å². The molecule has 0 spiro atoms. The molecule has 11 rings (SSSR count). The first kappa shape index (κ1) is 35.2. The Morgan fingerprint density at radius 1 is 0.283 bits per heavy atom. The van der Waals surface area contributed by atoms with Gasteiger partial charge in [-0.05, 0) is 98.2 Å². The van der Waals surface area contributed by atoms with E-state index in [2.05, 4.69) is 252 Å². The van der Waals surface area contributed by atoms with E-state index in [0.717, 1.165) is 45.0 Å². The lowest BCUT2D eigenvalue weighted by atomic mass is 9.90. The molecule has 0 aliphatic heterocycles. The molecule has 0 unspecified atom stereocenters. The first-order chi connectivity index (χ1) is 29.8. The van der Waals surface area contributed by atoms with Gasteiger partial charge in [0.05, 0.1) is 16.7 Å². The maximum absolute atomic E-state index is 2.47. The average molecular weight is 765 g/mol. The summed E-state index contributed by atoms with van der Waals surface area (Å²) in [6, 6.07) is 88.1. The third kappa shape index (κ3) is 6.23. The van der Waals surface area contributed by atoms with Gasteiger partial charge in [-0.25, -0.2) is 0 Å². The number of aromatic nitrogens is 1. The van der Waals surface area contributed by atoms with Crippen LogP contribution in [-0.2, 0) is 0 Å². The highest BCUT2D eigenvalue weighted by molar-refractivity contribution is 6.11. The quantitative estimate of drug-likeness (QED) is 0.150. The fraction of sp³-hybridized carbons (Fsp3) is 0. The van der Waals surface area contributed by atoms with Gasteiger partial charge in [0.25, 0.3) is 0 Å². The first-order valence-electron chi connectivity index (χ1n) is 20.6. The van der Waals surface area contributed by atoms with E-state index in [1.165, 1.54) is 54.9 Å². The Hall–Kier alpha value is -7.94. The summed E-state index contributed by atoms with van der Waals surface area (Å²) >= 11 is 0. The van der Waals surface area contributed by atoms with E-state index in [4.69, 9.17) is 0 Å². The summed E-state index contributed by atoms with van der Waals surface area (Å²) < 4.78 is 2.41. The van der Waals surface area contributed by atoms with E-state index in [-0.39, 0.29) is 0 Å². The number of hydrogen-bond donors (Lipinski definition) is 0. The summed E-state index contributed by atoms with van der Waals surface area (Å²) in [5.41, 5.74) is 16.1. The molecule has 1 aromatic heterocycles. The summed E-state index contributed by atoms with van der Waals surface area (Å²) in [6.45, 7) is 0. The fourth-order valence-corrected chi connectivity index (χ4v) is 8.99. The maximum Gasteiger partial charge on any atom is 0.0561 e. The van der Waals surface area contributed by atoms with Crippen molar-refractivity contribution in [2.45, 2.75) is 0 Å². The highest BCUT2D eigenvalue weighted by atomic mass is 15.1. The molecule has 0 saturated carbocycles. The average Bonchev–Trinajstić information content (AvgIpc) is 3.66. The van der Waals surface area contributed by atoms with Crippen molar-refractivity contribution in [1.82, 2.24) is 4.57 Å². The van der Waals surface area contributed by atoms with Crippen LogP contribution in [0.15, 0.2) is 243 Å². The molecule has 0 aliphatic rings. The third-order valence-electron chi connectivity index (χ3n) is 11.8. The van der Waals surface area contributed by atoms with Crippen molar-refractivity contribution >= 4 is 49.6 Å². The summed E-state index contributed by atoms with van der Waals surface area (Å²) in [5.74, 6) is 0. The molecule has 0 saturated heterocycles. The Morgan fingerprint density at radius 2 is 0.833 bits per heavy atom. The molecule has 0 amide bonds. The Labute approximate surface area is 350 Å². The van der Waals surface area contributed by atoms with Crippen molar-refractivity contribution in [3.63, 3.8) is 0 Å². The molecule has 0 N–H and O–H groups in total. The lowest BCUT2D eigenvalue weighted by Gasteiger charge is -2.30. The van der Waals surface area contributed by atoms with Gasteiger partial charge in [0, 0.05) is 33.4 Å². The van der Waals surface area contributed by atoms with Crippen molar-refractivity contribution in [3.05, 3.63) is 243 Å². The normalized spacial score (nSPS) is 11.3. The van der Waals surface area contributed by atoms with E-state index >= 15 is 0 Å². The lowest BCUT2D eigenvalue weighted by molar-refractivity contribution is 1.18. The SMILES string of the molecule is c1ccc(-c2ccc(-c3ccccc3)c(N(c3ccc(-c4cccc5ccccc45)c(-c4ccccc4)c3)c3ccc4c5ccccc5n(-c5ccccc5)c4c3)c2)cc1. The summed E-state index contributed by atoms with van der Waals surface area (Å²) in [4.78, 5) is 2.47. The molecule has 282 valence electrons. The molecule has 0 aliphatic carbocycles. The molecule has 11 aromatic rings. The number of fused-ring (bicyclic) bond motifs is 4. The van der Waals surface area contributed by atoms with Gasteiger partial charge in [-0.15, -0.1) is 0 Å². The van der Waals surface area contributed by atoms with Gasteiger partial charge in [-0.2, -0.15) is 0 Å². The van der Waals surface area contributed by atoms with Crippen molar-refractivity contribution in [1.29, 1.82) is 0 Å². The number of nitrogens with zero attached hydrogens (tertiary/aromatic N) is 2. The van der Waals surface area contributed by atoms with Gasteiger partial charge in [-0.1, -0.05) is 194 Å². The largest absolute Gasteiger partial charge is 0.310 e. The van der Waals surface area contributed by atoms with E-state index in [1.807, 2.05) is 0 Å². The van der Waals surface area contributed by atoms with Gasteiger partial charge in [-0.3, -0.25) is 0 Å². The number of para-hydroxylation sites is 2. The molecule has 0 radical (unpaired) electrons. The number of hydrogen-bond acceptors (Lipinski definition) is 1. The standard InChI is InChI=1S/C58H40N2/c1-5-18-41(19-6-1)45-32-35-50(43-20-7-2-8-21-43)57(38-45)59(48-34-37-54-53-29-15-16-31-56(53)60(58(54)40-48)46-26-11-4-12-27-46)47-33-36-52(55(39-47)44-22-9-3-10-23-44)51-30-17-25-42-24-13-14-28-49(42)51/h1-40H. The fourth-order valence-electron chi connectivity index (χ4n) is 8.99. The molecule has 2 nitrogen and oxygen atoms in total. The monoisotopic (exact) mass is 764 g/mol. The Bertz CT molecular complexity index is 3290. The van der Waals surface area contributed by atoms with Gasteiger partial charge >= 0.3 is 0 Å². The minimum Gasteiger partial charge on any atom is -0.310 e. The predicted octanol–water partition coefficient (Wildman–Crippen LogP) is 16.1. The van der Waals surface area contributed by atoms with Crippen molar-refractivity contribution < 1.29 is 0 Å². The summed E-state index contributed by atoms with van der Waals surface area (Å²) in [6.07, 6.45) is 0. The van der Waals surface area contributed by atoms with Crippen molar-refractivity contribution in [3.8, 4) is 50.2 Å². The molecule has 2 heteroatoms. The molecular weight excluding hydrogens is 725 g/mol. The van der Waals surface area contributed by atoms with Crippen molar-refractivity contribution in [2.75, 3.05) is 4.90 Å². The highest BCUT2D eigenvalue weighted by Crippen LogP contribution is 2.47. The van der Waals surface area contributed by atoms with E-state index in [0.29, 0.717) is 0 Å².